The van der Waals surface area contributed by atoms with Gasteiger partial charge in [-0.25, -0.2) is 13.2 Å². The number of ether oxygens (including phenoxy) is 1. The van der Waals surface area contributed by atoms with Gasteiger partial charge in [0.25, 0.3) is 0 Å². The predicted molar refractivity (Wildman–Crippen MR) is 110 cm³/mol. The van der Waals surface area contributed by atoms with Crippen LogP contribution in [-0.4, -0.2) is 40.2 Å². The van der Waals surface area contributed by atoms with Gasteiger partial charge in [0.1, 0.15) is 6.54 Å². The Balaban J connectivity index is 2.30. The fourth-order valence-electron chi connectivity index (χ4n) is 2.76. The van der Waals surface area contributed by atoms with Crippen LogP contribution in [0.2, 0.25) is 5.02 Å². The average molecular weight is 425 g/mol. The number of sulfonamides is 1. The molecule has 0 unspecified atom stereocenters. The second kappa shape index (κ2) is 8.62. The lowest BCUT2D eigenvalue weighted by Gasteiger charge is -2.25. The molecular weight excluding hydrogens is 404 g/mol. The fourth-order valence-corrected chi connectivity index (χ4v) is 3.93. The van der Waals surface area contributed by atoms with E-state index in [0.29, 0.717) is 11.4 Å². The first-order chi connectivity index (χ1) is 13.0. The van der Waals surface area contributed by atoms with Crippen LogP contribution < -0.4 is 9.62 Å². The van der Waals surface area contributed by atoms with Gasteiger partial charge in [-0.05, 0) is 43.2 Å². The minimum atomic E-state index is -3.71. The first kappa shape index (κ1) is 21.7. The molecule has 0 aliphatic rings. The van der Waals surface area contributed by atoms with E-state index in [-0.39, 0.29) is 10.6 Å². The van der Waals surface area contributed by atoms with Crippen molar-refractivity contribution >= 4 is 44.9 Å². The molecule has 1 amide bonds. The van der Waals surface area contributed by atoms with Crippen molar-refractivity contribution in [2.24, 2.45) is 0 Å². The molecule has 0 atom stereocenters. The lowest BCUT2D eigenvalue weighted by molar-refractivity contribution is -0.114. The summed E-state index contributed by atoms with van der Waals surface area (Å²) in [6.45, 7) is 3.14. The van der Waals surface area contributed by atoms with Crippen molar-refractivity contribution in [2.75, 3.05) is 29.5 Å². The van der Waals surface area contributed by atoms with Crippen LogP contribution in [0.25, 0.3) is 0 Å². The SMILES string of the molecule is COC(=O)c1cc(NC(=O)CN(c2c(C)cccc2C)S(C)(=O)=O)ccc1Cl. The van der Waals surface area contributed by atoms with Gasteiger partial charge >= 0.3 is 5.97 Å². The number of hydrogen-bond acceptors (Lipinski definition) is 5. The zero-order chi connectivity index (χ0) is 21.1. The molecule has 2 aromatic carbocycles. The highest BCUT2D eigenvalue weighted by molar-refractivity contribution is 7.92. The highest BCUT2D eigenvalue weighted by Crippen LogP contribution is 2.27. The minimum absolute atomic E-state index is 0.0942. The molecule has 7 nitrogen and oxygen atoms in total. The third-order valence-corrected chi connectivity index (χ3v) is 5.47. The number of para-hydroxylation sites is 1. The molecule has 0 aliphatic heterocycles. The van der Waals surface area contributed by atoms with E-state index < -0.39 is 28.4 Å². The van der Waals surface area contributed by atoms with Crippen molar-refractivity contribution in [2.45, 2.75) is 13.8 Å². The standard InChI is InChI=1S/C19H21ClN2O5S/c1-12-6-5-7-13(2)18(12)22(28(4,25)26)11-17(23)21-14-8-9-16(20)15(10-14)19(24)27-3/h5-10H,11H2,1-4H3,(H,21,23). The quantitative estimate of drug-likeness (QED) is 0.719. The highest BCUT2D eigenvalue weighted by Gasteiger charge is 2.24. The van der Waals surface area contributed by atoms with Crippen molar-refractivity contribution < 1.29 is 22.7 Å². The van der Waals surface area contributed by atoms with E-state index in [1.807, 2.05) is 6.07 Å². The summed E-state index contributed by atoms with van der Waals surface area (Å²) < 4.78 is 30.3. The maximum absolute atomic E-state index is 12.5. The van der Waals surface area contributed by atoms with Crippen molar-refractivity contribution in [3.63, 3.8) is 0 Å². The van der Waals surface area contributed by atoms with E-state index in [1.54, 1.807) is 26.0 Å². The van der Waals surface area contributed by atoms with Gasteiger partial charge in [-0.2, -0.15) is 0 Å². The lowest BCUT2D eigenvalue weighted by Crippen LogP contribution is -2.38. The Hall–Kier alpha value is -2.58. The Kier molecular flexibility index (Phi) is 6.69. The third kappa shape index (κ3) is 5.02. The number of esters is 1. The summed E-state index contributed by atoms with van der Waals surface area (Å²) in [6, 6.07) is 9.70. The van der Waals surface area contributed by atoms with E-state index in [0.717, 1.165) is 21.7 Å². The Morgan fingerprint density at radius 2 is 1.75 bits per heavy atom. The first-order valence-corrected chi connectivity index (χ1v) is 10.5. The van der Waals surface area contributed by atoms with Crippen molar-refractivity contribution in [1.29, 1.82) is 0 Å². The largest absolute Gasteiger partial charge is 0.465 e. The van der Waals surface area contributed by atoms with E-state index in [4.69, 9.17) is 11.6 Å². The molecule has 28 heavy (non-hydrogen) atoms. The molecule has 0 saturated heterocycles. The Bertz CT molecular complexity index is 1000. The summed E-state index contributed by atoms with van der Waals surface area (Å²) in [4.78, 5) is 24.3. The number of carbonyl (C=O) groups is 2. The number of nitrogens with zero attached hydrogens (tertiary/aromatic N) is 1. The number of rotatable bonds is 6. The van der Waals surface area contributed by atoms with E-state index in [2.05, 4.69) is 10.1 Å². The Labute approximate surface area is 169 Å². The number of hydrogen-bond donors (Lipinski definition) is 1. The summed E-state index contributed by atoms with van der Waals surface area (Å²) in [6.07, 6.45) is 1.05. The van der Waals surface area contributed by atoms with Crippen LogP contribution in [0.5, 0.6) is 0 Å². The van der Waals surface area contributed by atoms with E-state index in [9.17, 15) is 18.0 Å². The number of halogens is 1. The predicted octanol–water partition coefficient (Wildman–Crippen LogP) is 3.15. The number of aryl methyl sites for hydroxylation is 2. The molecule has 9 heteroatoms. The van der Waals surface area contributed by atoms with Gasteiger partial charge in [0.05, 0.1) is 29.6 Å². The highest BCUT2D eigenvalue weighted by atomic mass is 35.5. The van der Waals surface area contributed by atoms with Gasteiger partial charge in [-0.15, -0.1) is 0 Å². The number of carbonyl (C=O) groups excluding carboxylic acids is 2. The molecule has 2 rings (SSSR count). The molecular formula is C19H21ClN2O5S. The van der Waals surface area contributed by atoms with Gasteiger partial charge in [0.2, 0.25) is 15.9 Å². The smallest absolute Gasteiger partial charge is 0.339 e. The third-order valence-electron chi connectivity index (χ3n) is 4.03. The van der Waals surface area contributed by atoms with Gasteiger partial charge in [-0.3, -0.25) is 9.10 Å². The van der Waals surface area contributed by atoms with Gasteiger partial charge in [0.15, 0.2) is 0 Å². The summed E-state index contributed by atoms with van der Waals surface area (Å²) >= 11 is 5.96. The van der Waals surface area contributed by atoms with Crippen LogP contribution in [0.15, 0.2) is 36.4 Å². The van der Waals surface area contributed by atoms with Crippen LogP contribution in [0, 0.1) is 13.8 Å². The van der Waals surface area contributed by atoms with Crippen LogP contribution >= 0.6 is 11.6 Å². The molecule has 0 spiro atoms. The number of benzene rings is 2. The second-order valence-electron chi connectivity index (χ2n) is 6.24. The summed E-state index contributed by atoms with van der Waals surface area (Å²) in [5.74, 6) is -1.21. The van der Waals surface area contributed by atoms with Crippen LogP contribution in [0.3, 0.4) is 0 Å². The topological polar surface area (TPSA) is 92.8 Å². The first-order valence-electron chi connectivity index (χ1n) is 8.26. The van der Waals surface area contributed by atoms with E-state index in [1.165, 1.54) is 25.3 Å². The van der Waals surface area contributed by atoms with Gasteiger partial charge < -0.3 is 10.1 Å². The molecule has 0 fully saturated rings. The summed E-state index contributed by atoms with van der Waals surface area (Å²) in [5, 5.41) is 2.77. The van der Waals surface area contributed by atoms with Crippen molar-refractivity contribution in [1.82, 2.24) is 0 Å². The maximum atomic E-state index is 12.5. The molecule has 0 heterocycles. The Morgan fingerprint density at radius 1 is 1.14 bits per heavy atom. The number of methoxy groups -OCH3 is 1. The van der Waals surface area contributed by atoms with Crippen LogP contribution in [0.1, 0.15) is 21.5 Å². The zero-order valence-corrected chi connectivity index (χ0v) is 17.5. The molecule has 0 saturated carbocycles. The minimum Gasteiger partial charge on any atom is -0.465 e. The number of amides is 1. The fraction of sp³-hybridized carbons (Fsp3) is 0.263. The van der Waals surface area contributed by atoms with Gasteiger partial charge in [0, 0.05) is 5.69 Å². The summed E-state index contributed by atoms with van der Waals surface area (Å²) in [5.41, 5.74) is 2.32. The normalized spacial score (nSPS) is 11.0. The molecule has 2 aromatic rings. The average Bonchev–Trinajstić information content (AvgIpc) is 2.60. The van der Waals surface area contributed by atoms with E-state index >= 15 is 0 Å². The van der Waals surface area contributed by atoms with Crippen LogP contribution in [0.4, 0.5) is 11.4 Å². The molecule has 0 bridgehead atoms. The Morgan fingerprint density at radius 3 is 2.29 bits per heavy atom. The zero-order valence-electron chi connectivity index (χ0n) is 15.9. The molecule has 1 N–H and O–H groups in total. The van der Waals surface area contributed by atoms with Crippen molar-refractivity contribution in [3.8, 4) is 0 Å². The number of nitrogens with one attached hydrogen (secondary N) is 1. The molecule has 0 aliphatic carbocycles. The van der Waals surface area contributed by atoms with Crippen molar-refractivity contribution in [3.05, 3.63) is 58.1 Å². The molecule has 0 aromatic heterocycles. The van der Waals surface area contributed by atoms with Gasteiger partial charge in [-0.1, -0.05) is 29.8 Å². The summed E-state index contributed by atoms with van der Waals surface area (Å²) in [7, 11) is -2.48. The van der Waals surface area contributed by atoms with Crippen LogP contribution in [-0.2, 0) is 19.6 Å². The number of anilines is 2. The maximum Gasteiger partial charge on any atom is 0.339 e. The molecule has 150 valence electrons. The lowest BCUT2D eigenvalue weighted by atomic mass is 10.1. The monoisotopic (exact) mass is 424 g/mol. The molecule has 0 radical (unpaired) electrons. The second-order valence-corrected chi connectivity index (χ2v) is 8.56.